The van der Waals surface area contributed by atoms with Crippen LogP contribution in [-0.2, 0) is 11.3 Å². The smallest absolute Gasteiger partial charge is 0.132 e. The summed E-state index contributed by atoms with van der Waals surface area (Å²) in [4.78, 5) is 11.5. The van der Waals surface area contributed by atoms with Gasteiger partial charge in [0.05, 0.1) is 18.9 Å². The monoisotopic (exact) mass is 339 g/mol. The molecule has 1 atom stereocenters. The Hall–Kier alpha value is -2.14. The maximum atomic E-state index is 5.54. The quantitative estimate of drug-likeness (QED) is 0.772. The number of anilines is 1. The van der Waals surface area contributed by atoms with E-state index in [0.29, 0.717) is 18.6 Å². The second kappa shape index (κ2) is 7.40. The van der Waals surface area contributed by atoms with Crippen LogP contribution in [0.4, 0.5) is 5.82 Å². The molecule has 0 unspecified atom stereocenters. The lowest BCUT2D eigenvalue weighted by Gasteiger charge is -2.24. The Morgan fingerprint density at radius 3 is 2.68 bits per heavy atom. The van der Waals surface area contributed by atoms with E-state index in [1.807, 2.05) is 19.1 Å². The minimum Gasteiger partial charge on any atom is -0.494 e. The molecule has 2 heterocycles. The fraction of sp³-hybridized carbons (Fsp3) is 0.500. The molecule has 1 saturated carbocycles. The molecule has 5 nitrogen and oxygen atoms in total. The minimum absolute atomic E-state index is 0.410. The molecule has 132 valence electrons. The van der Waals surface area contributed by atoms with Crippen LogP contribution in [0.15, 0.2) is 36.7 Å². The van der Waals surface area contributed by atoms with Gasteiger partial charge in [0, 0.05) is 31.2 Å². The predicted molar refractivity (Wildman–Crippen MR) is 97.0 cm³/mol. The number of benzene rings is 1. The zero-order chi connectivity index (χ0) is 17.1. The van der Waals surface area contributed by atoms with Crippen molar-refractivity contribution in [3.05, 3.63) is 47.9 Å². The van der Waals surface area contributed by atoms with Gasteiger partial charge < -0.3 is 14.4 Å². The molecule has 2 aromatic rings. The summed E-state index contributed by atoms with van der Waals surface area (Å²) >= 11 is 0. The lowest BCUT2D eigenvalue weighted by Crippen LogP contribution is -2.26. The van der Waals surface area contributed by atoms with Crippen LogP contribution in [0.3, 0.4) is 0 Å². The van der Waals surface area contributed by atoms with Crippen LogP contribution in [0, 0.1) is 0 Å². The van der Waals surface area contributed by atoms with Crippen molar-refractivity contribution in [1.29, 1.82) is 0 Å². The molecule has 0 bridgehead atoms. The van der Waals surface area contributed by atoms with Crippen molar-refractivity contribution in [2.75, 3.05) is 24.7 Å². The predicted octanol–water partition coefficient (Wildman–Crippen LogP) is 3.55. The van der Waals surface area contributed by atoms with Gasteiger partial charge in [-0.05, 0) is 43.9 Å². The van der Waals surface area contributed by atoms with E-state index >= 15 is 0 Å². The first kappa shape index (κ1) is 16.3. The average Bonchev–Trinajstić information content (AvgIpc) is 3.34. The Morgan fingerprint density at radius 2 is 2.00 bits per heavy atom. The summed E-state index contributed by atoms with van der Waals surface area (Å²) in [6.07, 6.45) is 5.24. The fourth-order valence-electron chi connectivity index (χ4n) is 3.35. The van der Waals surface area contributed by atoms with E-state index in [9.17, 15) is 0 Å². The number of aromatic nitrogens is 2. The fourth-order valence-corrected chi connectivity index (χ4v) is 3.35. The Bertz CT molecular complexity index is 694. The molecule has 0 spiro atoms. The normalized spacial score (nSPS) is 19.8. The zero-order valence-corrected chi connectivity index (χ0v) is 14.7. The Labute approximate surface area is 149 Å². The maximum Gasteiger partial charge on any atom is 0.132 e. The molecule has 2 aliphatic rings. The Balaban J connectivity index is 1.52. The van der Waals surface area contributed by atoms with Crippen molar-refractivity contribution in [1.82, 2.24) is 9.97 Å². The van der Waals surface area contributed by atoms with Crippen molar-refractivity contribution in [2.24, 2.45) is 0 Å². The minimum atomic E-state index is 0.410. The van der Waals surface area contributed by atoms with E-state index in [2.05, 4.69) is 33.1 Å². The summed E-state index contributed by atoms with van der Waals surface area (Å²) in [5, 5.41) is 0. The van der Waals surface area contributed by atoms with Crippen molar-refractivity contribution in [2.45, 2.75) is 44.7 Å². The zero-order valence-electron chi connectivity index (χ0n) is 14.7. The van der Waals surface area contributed by atoms with E-state index in [1.165, 1.54) is 18.4 Å². The number of nitrogens with zero attached hydrogens (tertiary/aromatic N) is 3. The van der Waals surface area contributed by atoms with Crippen LogP contribution in [-0.4, -0.2) is 35.8 Å². The molecule has 0 N–H and O–H groups in total. The number of hydrogen-bond acceptors (Lipinski definition) is 5. The molecule has 0 radical (unpaired) electrons. The highest BCUT2D eigenvalue weighted by Gasteiger charge is 2.31. The number of ether oxygens (including phenoxy) is 2. The van der Waals surface area contributed by atoms with Gasteiger partial charge >= 0.3 is 0 Å². The average molecular weight is 339 g/mol. The summed E-state index contributed by atoms with van der Waals surface area (Å²) < 4.78 is 11.0. The standard InChI is InChI=1S/C20H25N3O2/c1-2-25-18-7-3-15(4-8-18)12-23(17-5-6-17)20-11-19(21-14-22-20)16-9-10-24-13-16/h3-4,7-8,11,14,16-17H,2,5-6,9-10,12-13H2,1H3/t16-/m1/s1. The number of rotatable bonds is 7. The molecule has 1 saturated heterocycles. The highest BCUT2D eigenvalue weighted by atomic mass is 16.5. The SMILES string of the molecule is CCOc1ccc(CN(c2cc([C@@H]3CCOC3)ncn2)C2CC2)cc1. The summed E-state index contributed by atoms with van der Waals surface area (Å²) in [6.45, 7) is 5.18. The van der Waals surface area contributed by atoms with Gasteiger partial charge in [-0.3, -0.25) is 0 Å². The Kier molecular flexibility index (Phi) is 4.83. The highest BCUT2D eigenvalue weighted by Crippen LogP contribution is 2.33. The van der Waals surface area contributed by atoms with Gasteiger partial charge in [0.15, 0.2) is 0 Å². The first-order valence-corrected chi connectivity index (χ1v) is 9.21. The first-order chi connectivity index (χ1) is 12.3. The van der Waals surface area contributed by atoms with E-state index in [-0.39, 0.29) is 0 Å². The summed E-state index contributed by atoms with van der Waals surface area (Å²) in [6, 6.07) is 11.1. The van der Waals surface area contributed by atoms with Crippen LogP contribution >= 0.6 is 0 Å². The maximum absolute atomic E-state index is 5.54. The third-order valence-corrected chi connectivity index (χ3v) is 4.89. The van der Waals surface area contributed by atoms with Crippen LogP contribution in [0.1, 0.15) is 43.4 Å². The van der Waals surface area contributed by atoms with E-state index < -0.39 is 0 Å². The van der Waals surface area contributed by atoms with Gasteiger partial charge in [-0.2, -0.15) is 0 Å². The topological polar surface area (TPSA) is 47.5 Å². The molecular weight excluding hydrogens is 314 g/mol. The third kappa shape index (κ3) is 3.93. The van der Waals surface area contributed by atoms with Gasteiger partial charge in [0.25, 0.3) is 0 Å². The van der Waals surface area contributed by atoms with Gasteiger partial charge in [-0.15, -0.1) is 0 Å². The Morgan fingerprint density at radius 1 is 1.16 bits per heavy atom. The van der Waals surface area contributed by atoms with Crippen molar-refractivity contribution in [3.8, 4) is 5.75 Å². The molecule has 4 rings (SSSR count). The van der Waals surface area contributed by atoms with Gasteiger partial charge in [0.2, 0.25) is 0 Å². The molecule has 5 heteroatoms. The first-order valence-electron chi connectivity index (χ1n) is 9.21. The van der Waals surface area contributed by atoms with Gasteiger partial charge in [-0.25, -0.2) is 9.97 Å². The third-order valence-electron chi connectivity index (χ3n) is 4.89. The summed E-state index contributed by atoms with van der Waals surface area (Å²) in [7, 11) is 0. The van der Waals surface area contributed by atoms with E-state index in [0.717, 1.165) is 43.4 Å². The van der Waals surface area contributed by atoms with Crippen molar-refractivity contribution in [3.63, 3.8) is 0 Å². The highest BCUT2D eigenvalue weighted by molar-refractivity contribution is 5.44. The van der Waals surface area contributed by atoms with Crippen LogP contribution in [0.2, 0.25) is 0 Å². The lowest BCUT2D eigenvalue weighted by molar-refractivity contribution is 0.193. The largest absolute Gasteiger partial charge is 0.494 e. The molecule has 1 aromatic heterocycles. The molecule has 1 aliphatic heterocycles. The van der Waals surface area contributed by atoms with Crippen LogP contribution < -0.4 is 9.64 Å². The van der Waals surface area contributed by atoms with Crippen LogP contribution in [0.25, 0.3) is 0 Å². The van der Waals surface area contributed by atoms with Crippen molar-refractivity contribution < 1.29 is 9.47 Å². The second-order valence-electron chi connectivity index (χ2n) is 6.80. The molecule has 25 heavy (non-hydrogen) atoms. The van der Waals surface area contributed by atoms with Gasteiger partial charge in [-0.1, -0.05) is 12.1 Å². The number of hydrogen-bond donors (Lipinski definition) is 0. The van der Waals surface area contributed by atoms with E-state index in [1.54, 1.807) is 6.33 Å². The molecule has 0 amide bonds. The molecule has 2 fully saturated rings. The lowest BCUT2D eigenvalue weighted by atomic mass is 10.0. The second-order valence-corrected chi connectivity index (χ2v) is 6.80. The van der Waals surface area contributed by atoms with Gasteiger partial charge in [0.1, 0.15) is 17.9 Å². The molecular formula is C20H25N3O2. The van der Waals surface area contributed by atoms with E-state index in [4.69, 9.17) is 9.47 Å². The molecule has 1 aliphatic carbocycles. The summed E-state index contributed by atoms with van der Waals surface area (Å²) in [5.41, 5.74) is 2.39. The van der Waals surface area contributed by atoms with Crippen molar-refractivity contribution >= 4 is 5.82 Å². The van der Waals surface area contributed by atoms with Crippen LogP contribution in [0.5, 0.6) is 5.75 Å². The molecule has 1 aromatic carbocycles. The summed E-state index contributed by atoms with van der Waals surface area (Å²) in [5.74, 6) is 2.37.